The standard InChI is InChI=1S/C24H27ClN4O2/c1-18-3-2-4-20(13-18)14-26-24(30)22-17-31-23(27-22)16-29-11-9-28(10-12-29)15-19-5-7-21(25)8-6-19/h2-8,13,17H,9-12,14-16H2,1H3,(H,26,30). The number of hydrogen-bond donors (Lipinski definition) is 1. The summed E-state index contributed by atoms with van der Waals surface area (Å²) in [5.74, 6) is 0.358. The van der Waals surface area contributed by atoms with Gasteiger partial charge in [-0.05, 0) is 30.2 Å². The third-order valence-corrected chi connectivity index (χ3v) is 5.72. The molecule has 2 aromatic carbocycles. The number of aromatic nitrogens is 1. The van der Waals surface area contributed by atoms with E-state index in [1.165, 1.54) is 17.4 Å². The fourth-order valence-corrected chi connectivity index (χ4v) is 3.85. The van der Waals surface area contributed by atoms with Gasteiger partial charge in [-0.25, -0.2) is 4.98 Å². The van der Waals surface area contributed by atoms with Gasteiger partial charge in [0.1, 0.15) is 6.26 Å². The molecule has 1 aliphatic heterocycles. The largest absolute Gasteiger partial charge is 0.447 e. The zero-order valence-corrected chi connectivity index (χ0v) is 18.4. The molecule has 1 amide bonds. The summed E-state index contributed by atoms with van der Waals surface area (Å²) in [5.41, 5.74) is 3.83. The summed E-state index contributed by atoms with van der Waals surface area (Å²) in [6, 6.07) is 16.1. The molecule has 0 spiro atoms. The lowest BCUT2D eigenvalue weighted by atomic mass is 10.1. The first-order chi connectivity index (χ1) is 15.0. The summed E-state index contributed by atoms with van der Waals surface area (Å²) in [6.07, 6.45) is 1.44. The second kappa shape index (κ2) is 10.1. The number of halogens is 1. The number of rotatable bonds is 7. The lowest BCUT2D eigenvalue weighted by Gasteiger charge is -2.34. The maximum absolute atomic E-state index is 12.4. The topological polar surface area (TPSA) is 61.6 Å². The van der Waals surface area contributed by atoms with Gasteiger partial charge < -0.3 is 9.73 Å². The molecule has 2 heterocycles. The van der Waals surface area contributed by atoms with Crippen LogP contribution < -0.4 is 5.32 Å². The highest BCUT2D eigenvalue weighted by molar-refractivity contribution is 6.30. The molecular formula is C24H27ClN4O2. The van der Waals surface area contributed by atoms with Gasteiger partial charge in [0.25, 0.3) is 5.91 Å². The summed E-state index contributed by atoms with van der Waals surface area (Å²) in [4.78, 5) is 21.5. The van der Waals surface area contributed by atoms with Gasteiger partial charge in [0, 0.05) is 44.3 Å². The Morgan fingerprint density at radius 3 is 2.45 bits per heavy atom. The zero-order valence-electron chi connectivity index (χ0n) is 17.7. The molecule has 31 heavy (non-hydrogen) atoms. The molecule has 0 bridgehead atoms. The number of hydrogen-bond acceptors (Lipinski definition) is 5. The minimum atomic E-state index is -0.218. The minimum absolute atomic E-state index is 0.218. The predicted molar refractivity (Wildman–Crippen MR) is 121 cm³/mol. The van der Waals surface area contributed by atoms with E-state index in [1.807, 2.05) is 37.3 Å². The van der Waals surface area contributed by atoms with E-state index in [0.717, 1.165) is 43.3 Å². The Morgan fingerprint density at radius 1 is 1.03 bits per heavy atom. The highest BCUT2D eigenvalue weighted by Gasteiger charge is 2.20. The van der Waals surface area contributed by atoms with Crippen molar-refractivity contribution in [1.29, 1.82) is 0 Å². The van der Waals surface area contributed by atoms with Crippen molar-refractivity contribution in [3.8, 4) is 0 Å². The molecule has 3 aromatic rings. The quantitative estimate of drug-likeness (QED) is 0.606. The number of nitrogens with one attached hydrogen (secondary N) is 1. The van der Waals surface area contributed by atoms with Crippen LogP contribution in [0.15, 0.2) is 59.2 Å². The molecule has 1 N–H and O–H groups in total. The Hall–Kier alpha value is -2.67. The highest BCUT2D eigenvalue weighted by Crippen LogP contribution is 2.14. The van der Waals surface area contributed by atoms with Crippen molar-refractivity contribution >= 4 is 17.5 Å². The van der Waals surface area contributed by atoms with E-state index >= 15 is 0 Å². The number of aryl methyl sites for hydroxylation is 1. The first-order valence-corrected chi connectivity index (χ1v) is 10.9. The smallest absolute Gasteiger partial charge is 0.273 e. The van der Waals surface area contributed by atoms with Gasteiger partial charge >= 0.3 is 0 Å². The lowest BCUT2D eigenvalue weighted by molar-refractivity contribution is 0.0945. The Labute approximate surface area is 187 Å². The number of carbonyl (C=O) groups excluding carboxylic acids is 1. The van der Waals surface area contributed by atoms with Crippen molar-refractivity contribution in [2.45, 2.75) is 26.6 Å². The van der Waals surface area contributed by atoms with Gasteiger partial charge in [-0.2, -0.15) is 0 Å². The second-order valence-corrected chi connectivity index (χ2v) is 8.41. The van der Waals surface area contributed by atoms with Crippen LogP contribution in [0.1, 0.15) is 33.1 Å². The Balaban J connectivity index is 1.22. The molecule has 4 rings (SSSR count). The van der Waals surface area contributed by atoms with E-state index < -0.39 is 0 Å². The van der Waals surface area contributed by atoms with E-state index in [2.05, 4.69) is 38.3 Å². The Morgan fingerprint density at radius 2 is 1.74 bits per heavy atom. The number of carbonyl (C=O) groups is 1. The maximum Gasteiger partial charge on any atom is 0.273 e. The van der Waals surface area contributed by atoms with Gasteiger partial charge in [-0.15, -0.1) is 0 Å². The molecule has 0 saturated carbocycles. The third kappa shape index (κ3) is 6.17. The van der Waals surface area contributed by atoms with Crippen LogP contribution in [0.5, 0.6) is 0 Å². The zero-order chi connectivity index (χ0) is 21.6. The van der Waals surface area contributed by atoms with Crippen LogP contribution in [0.3, 0.4) is 0 Å². The minimum Gasteiger partial charge on any atom is -0.447 e. The van der Waals surface area contributed by atoms with E-state index in [0.29, 0.717) is 24.7 Å². The number of oxazole rings is 1. The van der Waals surface area contributed by atoms with E-state index in [1.54, 1.807) is 0 Å². The molecule has 0 aliphatic carbocycles. The summed E-state index contributed by atoms with van der Waals surface area (Å²) in [6.45, 7) is 7.87. The van der Waals surface area contributed by atoms with E-state index in [-0.39, 0.29) is 5.91 Å². The van der Waals surface area contributed by atoms with Crippen LogP contribution in [0.2, 0.25) is 5.02 Å². The van der Waals surface area contributed by atoms with Gasteiger partial charge in [0.05, 0.1) is 6.54 Å². The van der Waals surface area contributed by atoms with Gasteiger partial charge in [-0.3, -0.25) is 14.6 Å². The molecular weight excluding hydrogens is 412 g/mol. The first kappa shape index (κ1) is 21.6. The fraction of sp³-hybridized carbons (Fsp3) is 0.333. The summed E-state index contributed by atoms with van der Waals surface area (Å²) in [7, 11) is 0. The van der Waals surface area contributed by atoms with Gasteiger partial charge in [0.2, 0.25) is 5.89 Å². The van der Waals surface area contributed by atoms with Crippen LogP contribution in [-0.2, 0) is 19.6 Å². The second-order valence-electron chi connectivity index (χ2n) is 7.98. The molecule has 0 radical (unpaired) electrons. The highest BCUT2D eigenvalue weighted by atomic mass is 35.5. The van der Waals surface area contributed by atoms with Gasteiger partial charge in [0.15, 0.2) is 5.69 Å². The number of piperazine rings is 1. The average Bonchev–Trinajstić information content (AvgIpc) is 3.24. The van der Waals surface area contributed by atoms with Crippen molar-refractivity contribution in [2.24, 2.45) is 0 Å². The van der Waals surface area contributed by atoms with Gasteiger partial charge in [-0.1, -0.05) is 53.6 Å². The molecule has 1 fully saturated rings. The normalized spacial score (nSPS) is 15.2. The van der Waals surface area contributed by atoms with Crippen LogP contribution in [0.4, 0.5) is 0 Å². The molecule has 1 aromatic heterocycles. The molecule has 7 heteroatoms. The average molecular weight is 439 g/mol. The molecule has 6 nitrogen and oxygen atoms in total. The molecule has 1 aliphatic rings. The van der Waals surface area contributed by atoms with E-state index in [4.69, 9.17) is 16.0 Å². The van der Waals surface area contributed by atoms with Crippen molar-refractivity contribution in [3.63, 3.8) is 0 Å². The fourth-order valence-electron chi connectivity index (χ4n) is 3.73. The summed E-state index contributed by atoms with van der Waals surface area (Å²) < 4.78 is 5.55. The van der Waals surface area contributed by atoms with Crippen LogP contribution in [0, 0.1) is 6.92 Å². The van der Waals surface area contributed by atoms with Crippen LogP contribution in [0.25, 0.3) is 0 Å². The number of benzene rings is 2. The number of amides is 1. The number of nitrogens with zero attached hydrogens (tertiary/aromatic N) is 3. The van der Waals surface area contributed by atoms with Crippen molar-refractivity contribution in [1.82, 2.24) is 20.1 Å². The monoisotopic (exact) mass is 438 g/mol. The summed E-state index contributed by atoms with van der Waals surface area (Å²) in [5, 5.41) is 3.67. The first-order valence-electron chi connectivity index (χ1n) is 10.5. The van der Waals surface area contributed by atoms with Crippen molar-refractivity contribution in [2.75, 3.05) is 26.2 Å². The maximum atomic E-state index is 12.4. The SMILES string of the molecule is Cc1cccc(CNC(=O)c2coc(CN3CCN(Cc4ccc(Cl)cc4)CC3)n2)c1. The predicted octanol–water partition coefficient (Wildman–Crippen LogP) is 3.88. The van der Waals surface area contributed by atoms with Crippen LogP contribution >= 0.6 is 11.6 Å². The molecule has 1 saturated heterocycles. The van der Waals surface area contributed by atoms with Crippen molar-refractivity contribution in [3.05, 3.63) is 88.1 Å². The van der Waals surface area contributed by atoms with Crippen molar-refractivity contribution < 1.29 is 9.21 Å². The van der Waals surface area contributed by atoms with Crippen LogP contribution in [-0.4, -0.2) is 46.9 Å². The Bertz CT molecular complexity index is 1010. The third-order valence-electron chi connectivity index (χ3n) is 5.46. The Kier molecular flexibility index (Phi) is 7.02. The van der Waals surface area contributed by atoms with E-state index in [9.17, 15) is 4.79 Å². The molecule has 0 unspecified atom stereocenters. The molecule has 162 valence electrons. The lowest BCUT2D eigenvalue weighted by Crippen LogP contribution is -2.45. The molecule has 0 atom stereocenters. The summed E-state index contributed by atoms with van der Waals surface area (Å²) >= 11 is 5.96.